The van der Waals surface area contributed by atoms with E-state index in [0.717, 1.165) is 3.57 Å². The van der Waals surface area contributed by atoms with Gasteiger partial charge in [0.25, 0.3) is 5.91 Å². The molecule has 0 spiro atoms. The Labute approximate surface area is 135 Å². The largest absolute Gasteiger partial charge is 0.495 e. The Morgan fingerprint density at radius 2 is 1.90 bits per heavy atom. The van der Waals surface area contributed by atoms with Crippen molar-refractivity contribution in [2.24, 2.45) is 0 Å². The molecule has 0 unspecified atom stereocenters. The third-order valence-corrected chi connectivity index (χ3v) is 3.45. The number of aromatic carboxylic acids is 1. The van der Waals surface area contributed by atoms with E-state index in [9.17, 15) is 9.59 Å². The number of nitrogens with one attached hydrogen (secondary N) is 1. The predicted octanol–water partition coefficient (Wildman–Crippen LogP) is 3.25. The summed E-state index contributed by atoms with van der Waals surface area (Å²) in [7, 11) is 1.46. The summed E-state index contributed by atoms with van der Waals surface area (Å²) >= 11 is 2.12. The molecule has 0 fully saturated rings. The van der Waals surface area contributed by atoms with Gasteiger partial charge in [-0.05, 0) is 59.0 Å². The molecular weight excluding hydrogens is 385 g/mol. The number of benzene rings is 2. The van der Waals surface area contributed by atoms with Gasteiger partial charge in [0.2, 0.25) is 0 Å². The summed E-state index contributed by atoms with van der Waals surface area (Å²) in [5.41, 5.74) is 0.889. The molecule has 0 heterocycles. The highest BCUT2D eigenvalue weighted by molar-refractivity contribution is 14.1. The molecule has 2 aromatic carbocycles. The van der Waals surface area contributed by atoms with E-state index >= 15 is 0 Å². The third-order valence-electron chi connectivity index (χ3n) is 2.78. The van der Waals surface area contributed by atoms with Crippen molar-refractivity contribution in [3.05, 3.63) is 57.2 Å². The first kappa shape index (κ1) is 15.3. The van der Waals surface area contributed by atoms with E-state index in [-0.39, 0.29) is 11.5 Å². The number of rotatable bonds is 4. The highest BCUT2D eigenvalue weighted by atomic mass is 127. The quantitative estimate of drug-likeness (QED) is 0.777. The van der Waals surface area contributed by atoms with Crippen molar-refractivity contribution < 1.29 is 19.4 Å². The average Bonchev–Trinajstić information content (AvgIpc) is 2.47. The minimum atomic E-state index is -1.07. The molecule has 0 aliphatic carbocycles. The second-order valence-electron chi connectivity index (χ2n) is 4.18. The molecule has 108 valence electrons. The Morgan fingerprint density at radius 1 is 1.14 bits per heavy atom. The van der Waals surface area contributed by atoms with E-state index in [2.05, 4.69) is 27.9 Å². The Hall–Kier alpha value is -2.09. The first-order chi connectivity index (χ1) is 10.0. The first-order valence-electron chi connectivity index (χ1n) is 5.99. The van der Waals surface area contributed by atoms with Crippen molar-refractivity contribution in [3.63, 3.8) is 0 Å². The molecule has 6 heteroatoms. The average molecular weight is 397 g/mol. The van der Waals surface area contributed by atoms with E-state index in [4.69, 9.17) is 9.84 Å². The van der Waals surface area contributed by atoms with Crippen LogP contribution in [0.2, 0.25) is 0 Å². The zero-order chi connectivity index (χ0) is 15.4. The van der Waals surface area contributed by atoms with E-state index < -0.39 is 5.97 Å². The Morgan fingerprint density at radius 3 is 2.52 bits per heavy atom. The lowest BCUT2D eigenvalue weighted by Gasteiger charge is -2.11. The Balaban J connectivity index is 2.31. The molecule has 0 saturated carbocycles. The summed E-state index contributed by atoms with van der Waals surface area (Å²) in [6.07, 6.45) is 0. The molecule has 0 atom stereocenters. The number of halogens is 1. The van der Waals surface area contributed by atoms with Gasteiger partial charge in [-0.2, -0.15) is 0 Å². The minimum Gasteiger partial charge on any atom is -0.495 e. The standard InChI is InChI=1S/C15H12INO4/c1-21-13-6-5-10(15(19)20)8-12(13)17-14(18)9-3-2-4-11(16)7-9/h2-8H,1H3,(H,17,18)(H,19,20). The fraction of sp³-hybridized carbons (Fsp3) is 0.0667. The van der Waals surface area contributed by atoms with Crippen molar-refractivity contribution in [1.29, 1.82) is 0 Å². The van der Waals surface area contributed by atoms with Crippen LogP contribution in [0.15, 0.2) is 42.5 Å². The molecule has 0 aliphatic rings. The van der Waals surface area contributed by atoms with Crippen LogP contribution in [-0.4, -0.2) is 24.1 Å². The van der Waals surface area contributed by atoms with Crippen molar-refractivity contribution in [1.82, 2.24) is 0 Å². The van der Waals surface area contributed by atoms with Crippen LogP contribution < -0.4 is 10.1 Å². The number of carboxylic acid groups (broad SMARTS) is 1. The van der Waals surface area contributed by atoms with E-state index in [0.29, 0.717) is 17.0 Å². The number of amides is 1. The van der Waals surface area contributed by atoms with Crippen LogP contribution >= 0.6 is 22.6 Å². The lowest BCUT2D eigenvalue weighted by atomic mass is 10.1. The molecule has 0 saturated heterocycles. The maximum absolute atomic E-state index is 12.2. The van der Waals surface area contributed by atoms with Gasteiger partial charge in [-0.1, -0.05) is 6.07 Å². The van der Waals surface area contributed by atoms with Gasteiger partial charge in [0.05, 0.1) is 18.4 Å². The van der Waals surface area contributed by atoms with Crippen molar-refractivity contribution >= 4 is 40.2 Å². The maximum Gasteiger partial charge on any atom is 0.335 e. The smallest absolute Gasteiger partial charge is 0.335 e. The normalized spacial score (nSPS) is 10.0. The highest BCUT2D eigenvalue weighted by Crippen LogP contribution is 2.26. The molecule has 5 nitrogen and oxygen atoms in total. The van der Waals surface area contributed by atoms with Crippen molar-refractivity contribution in [2.75, 3.05) is 12.4 Å². The molecule has 0 aliphatic heterocycles. The van der Waals surface area contributed by atoms with Gasteiger partial charge in [-0.25, -0.2) is 4.79 Å². The van der Waals surface area contributed by atoms with Crippen LogP contribution in [0.3, 0.4) is 0 Å². The number of carbonyl (C=O) groups excluding carboxylic acids is 1. The number of anilines is 1. The van der Waals surface area contributed by atoms with Crippen LogP contribution in [-0.2, 0) is 0 Å². The molecule has 1 amide bonds. The Kier molecular flexibility index (Phi) is 4.79. The monoisotopic (exact) mass is 397 g/mol. The van der Waals surface area contributed by atoms with Gasteiger partial charge in [-0.3, -0.25) is 4.79 Å². The fourth-order valence-electron chi connectivity index (χ4n) is 1.76. The number of methoxy groups -OCH3 is 1. The lowest BCUT2D eigenvalue weighted by Crippen LogP contribution is -2.13. The molecule has 2 rings (SSSR count). The highest BCUT2D eigenvalue weighted by Gasteiger charge is 2.13. The second kappa shape index (κ2) is 6.57. The number of carboxylic acids is 1. The number of hydrogen-bond donors (Lipinski definition) is 2. The molecule has 0 radical (unpaired) electrons. The van der Waals surface area contributed by atoms with Gasteiger partial charge in [-0.15, -0.1) is 0 Å². The number of hydrogen-bond acceptors (Lipinski definition) is 3. The molecular formula is C15H12INO4. The summed E-state index contributed by atoms with van der Waals surface area (Å²) in [4.78, 5) is 23.2. The van der Waals surface area contributed by atoms with Crippen molar-refractivity contribution in [3.8, 4) is 5.75 Å². The molecule has 2 aromatic rings. The number of carbonyl (C=O) groups is 2. The number of ether oxygens (including phenoxy) is 1. The summed E-state index contributed by atoms with van der Waals surface area (Å²) in [5.74, 6) is -0.990. The molecule has 2 N–H and O–H groups in total. The summed E-state index contributed by atoms with van der Waals surface area (Å²) in [6.45, 7) is 0. The Bertz CT molecular complexity index is 700. The van der Waals surface area contributed by atoms with Crippen LogP contribution in [0.5, 0.6) is 5.75 Å². The molecule has 0 bridgehead atoms. The van der Waals surface area contributed by atoms with Crippen LogP contribution in [0, 0.1) is 3.57 Å². The van der Waals surface area contributed by atoms with Gasteiger partial charge in [0.15, 0.2) is 0 Å². The van der Waals surface area contributed by atoms with E-state index in [1.807, 2.05) is 6.07 Å². The van der Waals surface area contributed by atoms with Gasteiger partial charge in [0.1, 0.15) is 5.75 Å². The first-order valence-corrected chi connectivity index (χ1v) is 7.07. The molecule has 21 heavy (non-hydrogen) atoms. The third kappa shape index (κ3) is 3.72. The summed E-state index contributed by atoms with van der Waals surface area (Å²) in [6, 6.07) is 11.4. The second-order valence-corrected chi connectivity index (χ2v) is 5.43. The van der Waals surface area contributed by atoms with Crippen LogP contribution in [0.1, 0.15) is 20.7 Å². The minimum absolute atomic E-state index is 0.0775. The fourth-order valence-corrected chi connectivity index (χ4v) is 2.31. The zero-order valence-corrected chi connectivity index (χ0v) is 13.2. The SMILES string of the molecule is COc1ccc(C(=O)O)cc1NC(=O)c1cccc(I)c1. The van der Waals surface area contributed by atoms with Crippen molar-refractivity contribution in [2.45, 2.75) is 0 Å². The summed E-state index contributed by atoms with van der Waals surface area (Å²) < 4.78 is 6.07. The topological polar surface area (TPSA) is 75.6 Å². The predicted molar refractivity (Wildman–Crippen MR) is 87.1 cm³/mol. The summed E-state index contributed by atoms with van der Waals surface area (Å²) in [5, 5.41) is 11.7. The lowest BCUT2D eigenvalue weighted by molar-refractivity contribution is 0.0696. The zero-order valence-electron chi connectivity index (χ0n) is 11.1. The van der Waals surface area contributed by atoms with Crippen LogP contribution in [0.4, 0.5) is 5.69 Å². The van der Waals surface area contributed by atoms with E-state index in [1.165, 1.54) is 25.3 Å². The maximum atomic E-state index is 12.2. The van der Waals surface area contributed by atoms with E-state index in [1.54, 1.807) is 18.2 Å². The van der Waals surface area contributed by atoms with Gasteiger partial charge < -0.3 is 15.2 Å². The van der Waals surface area contributed by atoms with Gasteiger partial charge >= 0.3 is 5.97 Å². The van der Waals surface area contributed by atoms with Crippen LogP contribution in [0.25, 0.3) is 0 Å². The molecule has 0 aromatic heterocycles. The van der Waals surface area contributed by atoms with Gasteiger partial charge in [0, 0.05) is 9.13 Å².